The second kappa shape index (κ2) is 6.98. The molecule has 0 bridgehead atoms. The quantitative estimate of drug-likeness (QED) is 0.496. The summed E-state index contributed by atoms with van der Waals surface area (Å²) in [6.45, 7) is 0.392. The number of benzene rings is 1. The van der Waals surface area contributed by atoms with Crippen LogP contribution in [-0.4, -0.2) is 19.1 Å². The van der Waals surface area contributed by atoms with E-state index in [0.717, 1.165) is 10.1 Å². The van der Waals surface area contributed by atoms with Crippen LogP contribution in [0.3, 0.4) is 0 Å². The predicted molar refractivity (Wildman–Crippen MR) is 104 cm³/mol. The summed E-state index contributed by atoms with van der Waals surface area (Å²) in [5.74, 6) is 0.297. The number of hydrogen-bond donors (Lipinski definition) is 0. The molecule has 8 heteroatoms. The Labute approximate surface area is 163 Å². The molecule has 1 aromatic heterocycles. The molecule has 0 unspecified atom stereocenters. The van der Waals surface area contributed by atoms with E-state index in [4.69, 9.17) is 23.2 Å². The fourth-order valence-electron chi connectivity index (χ4n) is 2.85. The van der Waals surface area contributed by atoms with Gasteiger partial charge in [0.05, 0.1) is 22.8 Å². The van der Waals surface area contributed by atoms with Crippen LogP contribution in [0, 0.1) is 0 Å². The molecule has 0 amide bonds. The van der Waals surface area contributed by atoms with E-state index in [1.54, 1.807) is 59.4 Å². The van der Waals surface area contributed by atoms with Crippen molar-refractivity contribution in [2.45, 2.75) is 6.54 Å². The normalized spacial score (nSPS) is 11.0. The van der Waals surface area contributed by atoms with E-state index in [-0.39, 0.29) is 0 Å². The SMILES string of the molecule is O=c1nc2n(Cc3ccc(Cl)nc3)cccc-2c(=O)n1-c1ccccc1Cl. The van der Waals surface area contributed by atoms with Crippen molar-refractivity contribution in [1.82, 2.24) is 19.1 Å². The molecule has 2 aromatic rings. The second-order valence-corrected chi connectivity index (χ2v) is 6.64. The third kappa shape index (κ3) is 3.25. The number of para-hydroxylation sites is 1. The first-order chi connectivity index (χ1) is 13.0. The maximum Gasteiger partial charge on any atom is 0.357 e. The van der Waals surface area contributed by atoms with Crippen LogP contribution in [0.5, 0.6) is 0 Å². The molecule has 0 fully saturated rings. The molecular weight excluding hydrogens is 387 g/mol. The number of halogens is 2. The molecule has 4 rings (SSSR count). The van der Waals surface area contributed by atoms with Gasteiger partial charge in [-0.15, -0.1) is 0 Å². The van der Waals surface area contributed by atoms with Crippen LogP contribution in [0.15, 0.2) is 70.5 Å². The summed E-state index contributed by atoms with van der Waals surface area (Å²) in [5.41, 5.74) is 0.331. The largest absolute Gasteiger partial charge is 0.357 e. The van der Waals surface area contributed by atoms with E-state index in [1.165, 1.54) is 0 Å². The van der Waals surface area contributed by atoms with Crippen molar-refractivity contribution < 1.29 is 0 Å². The Hall–Kier alpha value is -2.96. The molecule has 0 aliphatic carbocycles. The van der Waals surface area contributed by atoms with Crippen LogP contribution in [0.1, 0.15) is 5.56 Å². The molecule has 0 saturated carbocycles. The molecular formula is C19H12Cl2N4O2. The summed E-state index contributed by atoms with van der Waals surface area (Å²) < 4.78 is 2.71. The average molecular weight is 399 g/mol. The average Bonchev–Trinajstić information content (AvgIpc) is 2.66. The lowest BCUT2D eigenvalue weighted by Gasteiger charge is -2.15. The summed E-state index contributed by atoms with van der Waals surface area (Å²) in [6, 6.07) is 13.5. The lowest BCUT2D eigenvalue weighted by atomic mass is 10.2. The van der Waals surface area contributed by atoms with Gasteiger partial charge in [0.15, 0.2) is 5.82 Å². The smallest absolute Gasteiger partial charge is 0.328 e. The first kappa shape index (κ1) is 17.5. The monoisotopic (exact) mass is 398 g/mol. The van der Waals surface area contributed by atoms with E-state index < -0.39 is 11.2 Å². The number of fused-ring (bicyclic) bond motifs is 1. The Morgan fingerprint density at radius 2 is 1.78 bits per heavy atom. The van der Waals surface area contributed by atoms with Crippen LogP contribution in [-0.2, 0) is 6.54 Å². The lowest BCUT2D eigenvalue weighted by Crippen LogP contribution is -2.37. The van der Waals surface area contributed by atoms with Gasteiger partial charge in [-0.25, -0.2) is 14.3 Å². The number of aromatic nitrogens is 4. The van der Waals surface area contributed by atoms with Gasteiger partial charge in [0, 0.05) is 12.4 Å². The van der Waals surface area contributed by atoms with Gasteiger partial charge in [0.25, 0.3) is 5.56 Å². The molecule has 0 N–H and O–H groups in total. The predicted octanol–water partition coefficient (Wildman–Crippen LogP) is 3.25. The van der Waals surface area contributed by atoms with Gasteiger partial charge in [-0.3, -0.25) is 4.79 Å². The third-order valence-electron chi connectivity index (χ3n) is 4.10. The van der Waals surface area contributed by atoms with Crippen LogP contribution >= 0.6 is 23.2 Å². The van der Waals surface area contributed by atoms with E-state index in [0.29, 0.717) is 33.8 Å². The zero-order valence-electron chi connectivity index (χ0n) is 13.8. The number of rotatable bonds is 3. The highest BCUT2D eigenvalue weighted by Gasteiger charge is 2.19. The van der Waals surface area contributed by atoms with Crippen LogP contribution in [0.25, 0.3) is 17.1 Å². The van der Waals surface area contributed by atoms with Crippen LogP contribution < -0.4 is 11.2 Å². The summed E-state index contributed by atoms with van der Waals surface area (Å²) in [4.78, 5) is 33.8. The molecule has 27 heavy (non-hydrogen) atoms. The minimum atomic E-state index is -0.685. The van der Waals surface area contributed by atoms with Gasteiger partial charge < -0.3 is 4.57 Å². The summed E-state index contributed by atoms with van der Waals surface area (Å²) in [7, 11) is 0. The lowest BCUT2D eigenvalue weighted by molar-refractivity contribution is 0.750. The Kier molecular flexibility index (Phi) is 4.51. The third-order valence-corrected chi connectivity index (χ3v) is 4.65. The topological polar surface area (TPSA) is 69.8 Å². The van der Waals surface area contributed by atoms with Crippen molar-refractivity contribution in [2.24, 2.45) is 0 Å². The van der Waals surface area contributed by atoms with Crippen molar-refractivity contribution in [1.29, 1.82) is 0 Å². The fraction of sp³-hybridized carbons (Fsp3) is 0.0526. The van der Waals surface area contributed by atoms with Gasteiger partial charge in [-0.2, -0.15) is 4.98 Å². The summed E-state index contributed by atoms with van der Waals surface area (Å²) in [5, 5.41) is 0.693. The Morgan fingerprint density at radius 3 is 2.52 bits per heavy atom. The van der Waals surface area contributed by atoms with E-state index in [1.807, 2.05) is 6.07 Å². The number of nitrogens with zero attached hydrogens (tertiary/aromatic N) is 4. The number of hydrogen-bond acceptors (Lipinski definition) is 4. The van der Waals surface area contributed by atoms with E-state index in [9.17, 15) is 9.59 Å². The van der Waals surface area contributed by atoms with Gasteiger partial charge in [0.1, 0.15) is 5.15 Å². The summed E-state index contributed by atoms with van der Waals surface area (Å²) in [6.07, 6.45) is 3.39. The van der Waals surface area contributed by atoms with Gasteiger partial charge in [-0.05, 0) is 35.9 Å². The van der Waals surface area contributed by atoms with Gasteiger partial charge in [-0.1, -0.05) is 41.4 Å². The molecule has 0 spiro atoms. The second-order valence-electron chi connectivity index (χ2n) is 5.85. The van der Waals surface area contributed by atoms with Crippen LogP contribution in [0.2, 0.25) is 10.2 Å². The molecule has 2 aliphatic heterocycles. The minimum absolute atomic E-state index is 0.297. The van der Waals surface area contributed by atoms with E-state index >= 15 is 0 Å². The van der Waals surface area contributed by atoms with Gasteiger partial charge >= 0.3 is 5.69 Å². The molecule has 0 saturated heterocycles. The van der Waals surface area contributed by atoms with Crippen molar-refractivity contribution >= 4 is 23.2 Å². The molecule has 6 nitrogen and oxygen atoms in total. The first-order valence-corrected chi connectivity index (χ1v) is 8.78. The first-order valence-electron chi connectivity index (χ1n) is 8.02. The van der Waals surface area contributed by atoms with Crippen molar-refractivity contribution in [2.75, 3.05) is 0 Å². The maximum absolute atomic E-state index is 13.0. The minimum Gasteiger partial charge on any atom is -0.328 e. The van der Waals surface area contributed by atoms with Gasteiger partial charge in [0.2, 0.25) is 0 Å². The molecule has 1 aromatic carbocycles. The molecule has 0 atom stereocenters. The highest BCUT2D eigenvalue weighted by atomic mass is 35.5. The molecule has 0 radical (unpaired) electrons. The number of pyridine rings is 2. The highest BCUT2D eigenvalue weighted by Crippen LogP contribution is 2.20. The van der Waals surface area contributed by atoms with Crippen molar-refractivity contribution in [3.8, 4) is 17.1 Å². The Bertz CT molecular complexity index is 1220. The molecule has 2 aliphatic rings. The molecule has 134 valence electrons. The Balaban J connectivity index is 1.89. The Morgan fingerprint density at radius 1 is 0.963 bits per heavy atom. The van der Waals surface area contributed by atoms with E-state index in [2.05, 4.69) is 9.97 Å². The summed E-state index contributed by atoms with van der Waals surface area (Å²) >= 11 is 12.0. The zero-order valence-corrected chi connectivity index (χ0v) is 15.4. The molecule has 3 heterocycles. The van der Waals surface area contributed by atoms with Crippen LogP contribution in [0.4, 0.5) is 0 Å². The highest BCUT2D eigenvalue weighted by molar-refractivity contribution is 6.32. The maximum atomic E-state index is 13.0. The fourth-order valence-corrected chi connectivity index (χ4v) is 3.18. The standard InChI is InChI=1S/C19H12Cl2N4O2/c20-14-5-1-2-6-15(14)25-18(26)13-4-3-9-24(17(13)23-19(25)27)11-12-7-8-16(21)22-10-12/h1-10H,11H2. The van der Waals surface area contributed by atoms with Crippen molar-refractivity contribution in [3.63, 3.8) is 0 Å². The zero-order chi connectivity index (χ0) is 19.0. The van der Waals surface area contributed by atoms with Crippen molar-refractivity contribution in [3.05, 3.63) is 97.5 Å².